The Hall–Kier alpha value is -2.76. The van der Waals surface area contributed by atoms with E-state index in [-0.39, 0.29) is 5.91 Å². The van der Waals surface area contributed by atoms with Crippen molar-refractivity contribution >= 4 is 11.9 Å². The Kier molecular flexibility index (Phi) is 4.06. The summed E-state index contributed by atoms with van der Waals surface area (Å²) >= 11 is 0. The van der Waals surface area contributed by atoms with Crippen LogP contribution in [0.1, 0.15) is 28.9 Å². The Morgan fingerprint density at radius 2 is 2.00 bits per heavy atom. The molecule has 0 aliphatic carbocycles. The number of amides is 1. The zero-order chi connectivity index (χ0) is 16.4. The summed E-state index contributed by atoms with van der Waals surface area (Å²) in [5, 5.41) is 9.22. The molecule has 118 valence electrons. The first kappa shape index (κ1) is 15.1. The number of carboxylic acids is 1. The Labute approximate surface area is 133 Å². The van der Waals surface area contributed by atoms with Crippen LogP contribution in [0.3, 0.4) is 0 Å². The predicted molar refractivity (Wildman–Crippen MR) is 83.9 cm³/mol. The normalized spacial score (nSPS) is 17.3. The van der Waals surface area contributed by atoms with Gasteiger partial charge < -0.3 is 10.0 Å². The smallest absolute Gasteiger partial charge is 0.326 e. The number of carboxylic acid groups (broad SMARTS) is 1. The third kappa shape index (κ3) is 2.92. The van der Waals surface area contributed by atoms with Crippen LogP contribution in [0.5, 0.6) is 0 Å². The summed E-state index contributed by atoms with van der Waals surface area (Å²) < 4.78 is 0. The molecule has 1 saturated heterocycles. The number of hydrogen-bond donors (Lipinski definition) is 1. The average Bonchev–Trinajstić information content (AvgIpc) is 3.05. The first-order chi connectivity index (χ1) is 11.1. The van der Waals surface area contributed by atoms with Crippen LogP contribution < -0.4 is 0 Å². The number of aliphatic carboxylic acids is 1. The molecule has 6 nitrogen and oxygen atoms in total. The minimum Gasteiger partial charge on any atom is -0.480 e. The van der Waals surface area contributed by atoms with E-state index in [1.807, 2.05) is 30.3 Å². The summed E-state index contributed by atoms with van der Waals surface area (Å²) in [5.74, 6) is -0.724. The van der Waals surface area contributed by atoms with E-state index in [1.54, 1.807) is 6.92 Å². The minimum absolute atomic E-state index is 0.313. The number of carbonyl (C=O) groups excluding carboxylic acids is 1. The van der Waals surface area contributed by atoms with Crippen LogP contribution in [0.2, 0.25) is 0 Å². The average molecular weight is 311 g/mol. The topological polar surface area (TPSA) is 83.4 Å². The fourth-order valence-corrected chi connectivity index (χ4v) is 2.82. The molecular formula is C17H17N3O3. The second-order valence-corrected chi connectivity index (χ2v) is 5.55. The van der Waals surface area contributed by atoms with Crippen molar-refractivity contribution in [3.8, 4) is 11.4 Å². The summed E-state index contributed by atoms with van der Waals surface area (Å²) in [7, 11) is 0. The molecule has 6 heteroatoms. The minimum atomic E-state index is -0.963. The number of benzene rings is 1. The third-order valence-electron chi connectivity index (χ3n) is 4.04. The Morgan fingerprint density at radius 3 is 2.65 bits per heavy atom. The van der Waals surface area contributed by atoms with Gasteiger partial charge in [-0.1, -0.05) is 30.3 Å². The van der Waals surface area contributed by atoms with Gasteiger partial charge in [0.25, 0.3) is 5.91 Å². The summed E-state index contributed by atoms with van der Waals surface area (Å²) in [5.41, 5.74) is 1.79. The lowest BCUT2D eigenvalue weighted by Gasteiger charge is -2.22. The highest BCUT2D eigenvalue weighted by Crippen LogP contribution is 2.22. The van der Waals surface area contributed by atoms with Crippen molar-refractivity contribution in [2.45, 2.75) is 25.8 Å². The lowest BCUT2D eigenvalue weighted by Crippen LogP contribution is -2.40. The maximum atomic E-state index is 12.6. The fourth-order valence-electron chi connectivity index (χ4n) is 2.82. The number of nitrogens with zero attached hydrogens (tertiary/aromatic N) is 3. The van der Waals surface area contributed by atoms with E-state index in [2.05, 4.69) is 9.97 Å². The standard InChI is InChI=1S/C17H17N3O3/c1-11-13(16(21)20-9-5-8-14(20)17(22)23)10-18-15(19-11)12-6-3-2-4-7-12/h2-4,6-7,10,14H,5,8-9H2,1H3,(H,22,23)/t14-/m1/s1. The number of carbonyl (C=O) groups is 2. The van der Waals surface area contributed by atoms with Crippen molar-refractivity contribution in [3.05, 3.63) is 47.8 Å². The maximum Gasteiger partial charge on any atom is 0.326 e. The largest absolute Gasteiger partial charge is 0.480 e. The van der Waals surface area contributed by atoms with Gasteiger partial charge in [-0.05, 0) is 19.8 Å². The third-order valence-corrected chi connectivity index (χ3v) is 4.04. The van der Waals surface area contributed by atoms with Crippen molar-refractivity contribution in [3.63, 3.8) is 0 Å². The number of aryl methyl sites for hydroxylation is 1. The fraction of sp³-hybridized carbons (Fsp3) is 0.294. The molecule has 0 spiro atoms. The maximum absolute atomic E-state index is 12.6. The monoisotopic (exact) mass is 311 g/mol. The molecule has 23 heavy (non-hydrogen) atoms. The molecule has 0 bridgehead atoms. The van der Waals surface area contributed by atoms with E-state index in [4.69, 9.17) is 0 Å². The van der Waals surface area contributed by atoms with E-state index in [0.29, 0.717) is 36.5 Å². The van der Waals surface area contributed by atoms with Crippen molar-refractivity contribution < 1.29 is 14.7 Å². The van der Waals surface area contributed by atoms with E-state index < -0.39 is 12.0 Å². The molecule has 0 unspecified atom stereocenters. The molecule has 2 heterocycles. The van der Waals surface area contributed by atoms with Gasteiger partial charge in [0.1, 0.15) is 6.04 Å². The first-order valence-corrected chi connectivity index (χ1v) is 7.51. The second kappa shape index (κ2) is 6.16. The van der Waals surface area contributed by atoms with Crippen LogP contribution in [0.4, 0.5) is 0 Å². The summed E-state index contributed by atoms with van der Waals surface area (Å²) in [6.07, 6.45) is 2.68. The first-order valence-electron chi connectivity index (χ1n) is 7.51. The number of likely N-dealkylation sites (tertiary alicyclic amines) is 1. The molecule has 1 aliphatic heterocycles. The molecule has 2 aromatic rings. The van der Waals surface area contributed by atoms with Gasteiger partial charge in [0.2, 0.25) is 0 Å². The van der Waals surface area contributed by atoms with E-state index in [9.17, 15) is 14.7 Å². The number of aromatic nitrogens is 2. The molecule has 1 amide bonds. The van der Waals surface area contributed by atoms with Gasteiger partial charge in [-0.2, -0.15) is 0 Å². The van der Waals surface area contributed by atoms with E-state index in [0.717, 1.165) is 5.56 Å². The molecule has 0 saturated carbocycles. The molecule has 0 radical (unpaired) electrons. The van der Waals surface area contributed by atoms with Gasteiger partial charge in [0.05, 0.1) is 11.3 Å². The van der Waals surface area contributed by atoms with Gasteiger partial charge in [0, 0.05) is 18.3 Å². The quantitative estimate of drug-likeness (QED) is 0.939. The van der Waals surface area contributed by atoms with Crippen LogP contribution in [0, 0.1) is 6.92 Å². The van der Waals surface area contributed by atoms with Crippen molar-refractivity contribution in [2.24, 2.45) is 0 Å². The van der Waals surface area contributed by atoms with Crippen LogP contribution in [-0.4, -0.2) is 44.4 Å². The highest BCUT2D eigenvalue weighted by molar-refractivity contribution is 5.97. The molecule has 1 aliphatic rings. The summed E-state index contributed by atoms with van der Waals surface area (Å²) in [6, 6.07) is 8.75. The van der Waals surface area contributed by atoms with Crippen LogP contribution in [0.15, 0.2) is 36.5 Å². The van der Waals surface area contributed by atoms with Gasteiger partial charge in [-0.15, -0.1) is 0 Å². The van der Waals surface area contributed by atoms with Gasteiger partial charge in [-0.25, -0.2) is 14.8 Å². The Bertz CT molecular complexity index is 746. The van der Waals surface area contributed by atoms with Crippen LogP contribution in [0.25, 0.3) is 11.4 Å². The van der Waals surface area contributed by atoms with Crippen molar-refractivity contribution in [1.82, 2.24) is 14.9 Å². The molecule has 1 atom stereocenters. The lowest BCUT2D eigenvalue weighted by atomic mass is 10.1. The predicted octanol–water partition coefficient (Wildman–Crippen LogP) is 2.14. The Morgan fingerprint density at radius 1 is 1.26 bits per heavy atom. The van der Waals surface area contributed by atoms with Gasteiger partial charge in [-0.3, -0.25) is 4.79 Å². The summed E-state index contributed by atoms with van der Waals surface area (Å²) in [4.78, 5) is 33.9. The zero-order valence-electron chi connectivity index (χ0n) is 12.8. The van der Waals surface area contributed by atoms with Crippen LogP contribution >= 0.6 is 0 Å². The number of rotatable bonds is 3. The molecule has 1 aromatic carbocycles. The van der Waals surface area contributed by atoms with Crippen LogP contribution in [-0.2, 0) is 4.79 Å². The van der Waals surface area contributed by atoms with E-state index in [1.165, 1.54) is 11.1 Å². The van der Waals surface area contributed by atoms with Crippen molar-refractivity contribution in [2.75, 3.05) is 6.54 Å². The molecule has 1 aromatic heterocycles. The highest BCUT2D eigenvalue weighted by atomic mass is 16.4. The summed E-state index contributed by atoms with van der Waals surface area (Å²) in [6.45, 7) is 2.20. The SMILES string of the molecule is Cc1nc(-c2ccccc2)ncc1C(=O)N1CCC[C@@H]1C(=O)O. The number of hydrogen-bond acceptors (Lipinski definition) is 4. The van der Waals surface area contributed by atoms with Gasteiger partial charge >= 0.3 is 5.97 Å². The van der Waals surface area contributed by atoms with E-state index >= 15 is 0 Å². The Balaban J connectivity index is 1.89. The highest BCUT2D eigenvalue weighted by Gasteiger charge is 2.35. The zero-order valence-corrected chi connectivity index (χ0v) is 12.8. The molecular weight excluding hydrogens is 294 g/mol. The molecule has 1 N–H and O–H groups in total. The molecule has 1 fully saturated rings. The molecule has 3 rings (SSSR count). The lowest BCUT2D eigenvalue weighted by molar-refractivity contribution is -0.141. The van der Waals surface area contributed by atoms with Gasteiger partial charge in [0.15, 0.2) is 5.82 Å². The second-order valence-electron chi connectivity index (χ2n) is 5.55. The van der Waals surface area contributed by atoms with Crippen molar-refractivity contribution in [1.29, 1.82) is 0 Å².